The molecule has 3 rings (SSSR count). The lowest BCUT2D eigenvalue weighted by Crippen LogP contribution is -2.09. The largest absolute Gasteiger partial charge is 0.323 e. The van der Waals surface area contributed by atoms with E-state index in [1.807, 2.05) is 0 Å². The number of nitro groups is 2. The highest BCUT2D eigenvalue weighted by molar-refractivity contribution is 6.03. The number of carbonyl (C=O) groups excluding carboxylic acids is 2. The van der Waals surface area contributed by atoms with Gasteiger partial charge in [-0.1, -0.05) is 24.3 Å². The fourth-order valence-corrected chi connectivity index (χ4v) is 2.83. The fraction of sp³-hybridized carbons (Fsp3) is 0. The minimum atomic E-state index is -0.513. The third kappa shape index (κ3) is 6.95. The van der Waals surface area contributed by atoms with E-state index in [0.717, 1.165) is 0 Å². The molecule has 34 heavy (non-hydrogen) atoms. The Morgan fingerprint density at radius 1 is 0.647 bits per heavy atom. The van der Waals surface area contributed by atoms with Crippen molar-refractivity contribution in [2.24, 2.45) is 0 Å². The van der Waals surface area contributed by atoms with Gasteiger partial charge in [-0.05, 0) is 47.5 Å². The van der Waals surface area contributed by atoms with Gasteiger partial charge in [0, 0.05) is 47.8 Å². The summed E-state index contributed by atoms with van der Waals surface area (Å²) < 4.78 is 0. The van der Waals surface area contributed by atoms with Gasteiger partial charge in [-0.2, -0.15) is 0 Å². The maximum atomic E-state index is 12.1. The van der Waals surface area contributed by atoms with Gasteiger partial charge in [0.1, 0.15) is 0 Å². The van der Waals surface area contributed by atoms with E-state index in [4.69, 9.17) is 0 Å². The van der Waals surface area contributed by atoms with Gasteiger partial charge in [0.15, 0.2) is 0 Å². The van der Waals surface area contributed by atoms with Crippen molar-refractivity contribution >= 4 is 46.7 Å². The van der Waals surface area contributed by atoms with E-state index in [9.17, 15) is 29.8 Å². The summed E-state index contributed by atoms with van der Waals surface area (Å²) >= 11 is 0. The maximum absolute atomic E-state index is 12.1. The van der Waals surface area contributed by atoms with E-state index in [-0.39, 0.29) is 11.4 Å². The van der Waals surface area contributed by atoms with Gasteiger partial charge < -0.3 is 10.6 Å². The Morgan fingerprint density at radius 2 is 1.03 bits per heavy atom. The minimum absolute atomic E-state index is 0.0693. The van der Waals surface area contributed by atoms with Crippen LogP contribution in [-0.4, -0.2) is 21.7 Å². The molecular formula is C24H18N4O6. The van der Waals surface area contributed by atoms with Gasteiger partial charge in [-0.15, -0.1) is 0 Å². The lowest BCUT2D eigenvalue weighted by atomic mass is 10.2. The van der Waals surface area contributed by atoms with Crippen molar-refractivity contribution in [3.63, 3.8) is 0 Å². The van der Waals surface area contributed by atoms with Crippen LogP contribution in [0.2, 0.25) is 0 Å². The quantitative estimate of drug-likeness (QED) is 0.282. The van der Waals surface area contributed by atoms with E-state index in [1.165, 1.54) is 60.7 Å². The van der Waals surface area contributed by atoms with Crippen molar-refractivity contribution < 1.29 is 19.4 Å². The molecule has 0 aliphatic heterocycles. The standard InChI is InChI=1S/C24H18N4O6/c29-23(13-7-17-3-1-5-21(15-17)27(31)32)25-19-9-11-20(12-10-19)26-24(30)14-8-18-4-2-6-22(16-18)28(33)34/h1-16H,(H,25,29)(H,26,30)/b13-7+,14-8+. The lowest BCUT2D eigenvalue weighted by Gasteiger charge is -2.05. The number of carbonyl (C=O) groups is 2. The second kappa shape index (κ2) is 11.0. The summed E-state index contributed by atoms with van der Waals surface area (Å²) in [6.45, 7) is 0. The molecule has 0 saturated heterocycles. The molecule has 2 N–H and O–H groups in total. The van der Waals surface area contributed by atoms with Crippen LogP contribution in [0.1, 0.15) is 11.1 Å². The van der Waals surface area contributed by atoms with Crippen LogP contribution >= 0.6 is 0 Å². The van der Waals surface area contributed by atoms with Crippen LogP contribution in [-0.2, 0) is 9.59 Å². The van der Waals surface area contributed by atoms with E-state index in [0.29, 0.717) is 22.5 Å². The highest BCUT2D eigenvalue weighted by Crippen LogP contribution is 2.17. The van der Waals surface area contributed by atoms with Crippen LogP contribution < -0.4 is 10.6 Å². The molecule has 0 bridgehead atoms. The molecule has 170 valence electrons. The first kappa shape index (κ1) is 23.5. The molecule has 0 radical (unpaired) electrons. The number of nitrogens with one attached hydrogen (secondary N) is 2. The van der Waals surface area contributed by atoms with Crippen molar-refractivity contribution in [1.82, 2.24) is 0 Å². The molecule has 0 unspecified atom stereocenters. The molecular weight excluding hydrogens is 440 g/mol. The number of rotatable bonds is 8. The smallest absolute Gasteiger partial charge is 0.270 e. The summed E-state index contributed by atoms with van der Waals surface area (Å²) in [6, 6.07) is 18.2. The van der Waals surface area contributed by atoms with Crippen molar-refractivity contribution in [3.8, 4) is 0 Å². The molecule has 10 heteroatoms. The number of benzene rings is 3. The molecule has 0 saturated carbocycles. The van der Waals surface area contributed by atoms with E-state index < -0.39 is 21.7 Å². The Hall–Kier alpha value is -5.12. The topological polar surface area (TPSA) is 144 Å². The average Bonchev–Trinajstić information content (AvgIpc) is 2.83. The molecule has 0 aromatic heterocycles. The number of nitro benzene ring substituents is 2. The van der Waals surface area contributed by atoms with Gasteiger partial charge in [0.25, 0.3) is 11.4 Å². The first-order chi connectivity index (χ1) is 16.3. The number of anilines is 2. The Bertz CT molecular complexity index is 1200. The molecule has 0 aliphatic carbocycles. The summed E-state index contributed by atoms with van der Waals surface area (Å²) in [5.41, 5.74) is 1.86. The summed E-state index contributed by atoms with van der Waals surface area (Å²) in [5.74, 6) is -0.855. The van der Waals surface area contributed by atoms with Gasteiger partial charge >= 0.3 is 0 Å². The molecule has 0 atom stereocenters. The maximum Gasteiger partial charge on any atom is 0.270 e. The molecule has 0 aliphatic rings. The Labute approximate surface area is 193 Å². The number of hydrogen-bond acceptors (Lipinski definition) is 6. The lowest BCUT2D eigenvalue weighted by molar-refractivity contribution is -0.385. The van der Waals surface area contributed by atoms with Gasteiger partial charge in [0.05, 0.1) is 9.85 Å². The van der Waals surface area contributed by atoms with Crippen LogP contribution in [0, 0.1) is 20.2 Å². The average molecular weight is 458 g/mol. The Kier molecular flexibility index (Phi) is 7.59. The zero-order valence-electron chi connectivity index (χ0n) is 17.6. The summed E-state index contributed by atoms with van der Waals surface area (Å²) in [4.78, 5) is 44.8. The number of amides is 2. The summed E-state index contributed by atoms with van der Waals surface area (Å²) in [7, 11) is 0. The van der Waals surface area contributed by atoms with Crippen LogP contribution in [0.25, 0.3) is 12.2 Å². The van der Waals surface area contributed by atoms with Crippen molar-refractivity contribution in [2.75, 3.05) is 10.6 Å². The summed E-state index contributed by atoms with van der Waals surface area (Å²) in [6.07, 6.45) is 5.44. The predicted molar refractivity (Wildman–Crippen MR) is 128 cm³/mol. The highest BCUT2D eigenvalue weighted by Gasteiger charge is 2.06. The van der Waals surface area contributed by atoms with Crippen LogP contribution in [0.5, 0.6) is 0 Å². The third-order valence-electron chi connectivity index (χ3n) is 4.44. The number of hydrogen-bond donors (Lipinski definition) is 2. The van der Waals surface area contributed by atoms with Crippen LogP contribution in [0.15, 0.2) is 84.9 Å². The SMILES string of the molecule is O=C(/C=C/c1cccc([N+](=O)[O-])c1)Nc1ccc(NC(=O)/C=C/c2cccc([N+](=O)[O-])c2)cc1. The summed E-state index contributed by atoms with van der Waals surface area (Å²) in [5, 5.41) is 26.9. The first-order valence-electron chi connectivity index (χ1n) is 9.87. The molecule has 0 spiro atoms. The second-order valence-electron chi connectivity index (χ2n) is 6.93. The zero-order chi connectivity index (χ0) is 24.5. The van der Waals surface area contributed by atoms with E-state index in [2.05, 4.69) is 10.6 Å². The Morgan fingerprint density at radius 3 is 1.38 bits per heavy atom. The second-order valence-corrected chi connectivity index (χ2v) is 6.93. The minimum Gasteiger partial charge on any atom is -0.323 e. The Balaban J connectivity index is 1.54. The van der Waals surface area contributed by atoms with Gasteiger partial charge in [-0.25, -0.2) is 0 Å². The molecule has 10 nitrogen and oxygen atoms in total. The third-order valence-corrected chi connectivity index (χ3v) is 4.44. The fourth-order valence-electron chi connectivity index (χ4n) is 2.83. The van der Waals surface area contributed by atoms with E-state index in [1.54, 1.807) is 36.4 Å². The van der Waals surface area contributed by atoms with Crippen LogP contribution in [0.4, 0.5) is 22.7 Å². The first-order valence-corrected chi connectivity index (χ1v) is 9.87. The molecule has 3 aromatic carbocycles. The number of nitrogens with zero attached hydrogens (tertiary/aromatic N) is 2. The van der Waals surface area contributed by atoms with Crippen molar-refractivity contribution in [3.05, 3.63) is 116 Å². The molecule has 0 heterocycles. The normalized spacial score (nSPS) is 10.8. The number of non-ortho nitro benzene ring substituents is 2. The van der Waals surface area contributed by atoms with Gasteiger partial charge in [0.2, 0.25) is 11.8 Å². The monoisotopic (exact) mass is 458 g/mol. The molecule has 3 aromatic rings. The molecule has 0 fully saturated rings. The zero-order valence-corrected chi connectivity index (χ0v) is 17.6. The van der Waals surface area contributed by atoms with Crippen molar-refractivity contribution in [2.45, 2.75) is 0 Å². The predicted octanol–water partition coefficient (Wildman–Crippen LogP) is 4.81. The molecule has 2 amide bonds. The highest BCUT2D eigenvalue weighted by atomic mass is 16.6. The van der Waals surface area contributed by atoms with Crippen LogP contribution in [0.3, 0.4) is 0 Å². The van der Waals surface area contributed by atoms with Gasteiger partial charge in [-0.3, -0.25) is 29.8 Å². The van der Waals surface area contributed by atoms with E-state index >= 15 is 0 Å². The van der Waals surface area contributed by atoms with Crippen molar-refractivity contribution in [1.29, 1.82) is 0 Å².